The molecule has 2 aromatic rings. The minimum Gasteiger partial charge on any atom is -0.489 e. The van der Waals surface area contributed by atoms with Crippen molar-refractivity contribution in [2.24, 2.45) is 5.73 Å². The second-order valence-corrected chi connectivity index (χ2v) is 4.75. The van der Waals surface area contributed by atoms with Crippen molar-refractivity contribution in [1.82, 2.24) is 0 Å². The minimum absolute atomic E-state index is 0.0185. The Balaban J connectivity index is 2.06. The molecule has 4 heteroatoms. The van der Waals surface area contributed by atoms with Gasteiger partial charge in [-0.1, -0.05) is 29.8 Å². The van der Waals surface area contributed by atoms with Crippen molar-refractivity contribution in [2.75, 3.05) is 0 Å². The number of hydrogen-bond donors (Lipinski definition) is 1. The first-order valence-electron chi connectivity index (χ1n) is 5.99. The second-order valence-electron chi connectivity index (χ2n) is 4.35. The molecule has 0 spiro atoms. The summed E-state index contributed by atoms with van der Waals surface area (Å²) in [6.07, 6.45) is 0. The van der Waals surface area contributed by atoms with Crippen LogP contribution in [-0.2, 0) is 6.61 Å². The zero-order chi connectivity index (χ0) is 13.8. The summed E-state index contributed by atoms with van der Waals surface area (Å²) in [7, 11) is 0. The molecule has 0 heterocycles. The van der Waals surface area contributed by atoms with Gasteiger partial charge in [-0.05, 0) is 36.8 Å². The third kappa shape index (κ3) is 3.46. The number of nitrogens with two attached hydrogens (primary N) is 1. The summed E-state index contributed by atoms with van der Waals surface area (Å²) in [5.41, 5.74) is 7.15. The predicted molar refractivity (Wildman–Crippen MR) is 74.8 cm³/mol. The van der Waals surface area contributed by atoms with Gasteiger partial charge in [0.05, 0.1) is 5.02 Å². The van der Waals surface area contributed by atoms with E-state index in [1.807, 2.05) is 31.2 Å². The zero-order valence-electron chi connectivity index (χ0n) is 10.6. The van der Waals surface area contributed by atoms with Gasteiger partial charge in [-0.3, -0.25) is 0 Å². The lowest BCUT2D eigenvalue weighted by Gasteiger charge is -2.10. The van der Waals surface area contributed by atoms with Gasteiger partial charge in [-0.25, -0.2) is 4.39 Å². The molecule has 0 radical (unpaired) electrons. The molecule has 2 aromatic carbocycles. The van der Waals surface area contributed by atoms with Crippen molar-refractivity contribution in [3.63, 3.8) is 0 Å². The van der Waals surface area contributed by atoms with Crippen LogP contribution < -0.4 is 10.5 Å². The molecule has 0 aliphatic heterocycles. The van der Waals surface area contributed by atoms with E-state index in [4.69, 9.17) is 22.1 Å². The van der Waals surface area contributed by atoms with Crippen LogP contribution in [-0.4, -0.2) is 0 Å². The highest BCUT2D eigenvalue weighted by molar-refractivity contribution is 6.31. The van der Waals surface area contributed by atoms with Gasteiger partial charge in [0.15, 0.2) is 0 Å². The summed E-state index contributed by atoms with van der Waals surface area (Å²) in [4.78, 5) is 0. The van der Waals surface area contributed by atoms with E-state index < -0.39 is 0 Å². The molecule has 2 N–H and O–H groups in total. The van der Waals surface area contributed by atoms with E-state index in [0.29, 0.717) is 16.3 Å². The Hall–Kier alpha value is -1.58. The Morgan fingerprint density at radius 2 is 1.89 bits per heavy atom. The number of ether oxygens (including phenoxy) is 1. The standard InChI is InChI=1S/C15H15ClFNO/c1-10(18)11-5-7-12(8-6-11)19-9-13-14(16)3-2-4-15(13)17/h2-8,10H,9,18H2,1H3/t10-/m0/s1. The molecule has 0 amide bonds. The summed E-state index contributed by atoms with van der Waals surface area (Å²) in [5.74, 6) is 0.295. The quantitative estimate of drug-likeness (QED) is 0.915. The second kappa shape index (κ2) is 6.04. The molecule has 0 saturated carbocycles. The Labute approximate surface area is 117 Å². The van der Waals surface area contributed by atoms with Crippen molar-refractivity contribution in [2.45, 2.75) is 19.6 Å². The van der Waals surface area contributed by atoms with Crippen LogP contribution in [0.3, 0.4) is 0 Å². The zero-order valence-corrected chi connectivity index (χ0v) is 11.3. The minimum atomic E-state index is -0.361. The van der Waals surface area contributed by atoms with Gasteiger partial charge < -0.3 is 10.5 Å². The van der Waals surface area contributed by atoms with Crippen molar-refractivity contribution in [1.29, 1.82) is 0 Å². The van der Waals surface area contributed by atoms with Gasteiger partial charge in [0.1, 0.15) is 18.2 Å². The van der Waals surface area contributed by atoms with Crippen LogP contribution in [0, 0.1) is 5.82 Å². The molecule has 0 aliphatic rings. The van der Waals surface area contributed by atoms with E-state index in [1.165, 1.54) is 6.07 Å². The smallest absolute Gasteiger partial charge is 0.131 e. The summed E-state index contributed by atoms with van der Waals surface area (Å²) in [6.45, 7) is 2.01. The van der Waals surface area contributed by atoms with Gasteiger partial charge in [-0.2, -0.15) is 0 Å². The number of halogens is 2. The Kier molecular flexibility index (Phi) is 4.40. The van der Waals surface area contributed by atoms with Crippen molar-refractivity contribution in [3.8, 4) is 5.75 Å². The maximum absolute atomic E-state index is 13.5. The number of benzene rings is 2. The highest BCUT2D eigenvalue weighted by atomic mass is 35.5. The van der Waals surface area contributed by atoms with Crippen molar-refractivity contribution >= 4 is 11.6 Å². The summed E-state index contributed by atoms with van der Waals surface area (Å²) in [5, 5.41) is 0.368. The van der Waals surface area contributed by atoms with Gasteiger partial charge >= 0.3 is 0 Å². The van der Waals surface area contributed by atoms with E-state index in [2.05, 4.69) is 0 Å². The maximum Gasteiger partial charge on any atom is 0.131 e. The van der Waals surface area contributed by atoms with E-state index >= 15 is 0 Å². The first-order chi connectivity index (χ1) is 9.08. The van der Waals surface area contributed by atoms with Crippen LogP contribution in [0.1, 0.15) is 24.1 Å². The topological polar surface area (TPSA) is 35.2 Å². The van der Waals surface area contributed by atoms with Crippen LogP contribution in [0.4, 0.5) is 4.39 Å². The molecule has 2 nitrogen and oxygen atoms in total. The van der Waals surface area contributed by atoms with Gasteiger partial charge in [0.2, 0.25) is 0 Å². The third-order valence-electron chi connectivity index (χ3n) is 2.85. The Bertz CT molecular complexity index is 534. The molecule has 0 aromatic heterocycles. The average molecular weight is 280 g/mol. The number of hydrogen-bond acceptors (Lipinski definition) is 2. The third-order valence-corrected chi connectivity index (χ3v) is 3.20. The van der Waals surface area contributed by atoms with Crippen LogP contribution in [0.5, 0.6) is 5.75 Å². The lowest BCUT2D eigenvalue weighted by Crippen LogP contribution is -2.04. The molecule has 19 heavy (non-hydrogen) atoms. The summed E-state index contributed by atoms with van der Waals surface area (Å²) in [6, 6.07) is 12.0. The fourth-order valence-corrected chi connectivity index (χ4v) is 1.91. The lowest BCUT2D eigenvalue weighted by molar-refractivity contribution is 0.300. The fraction of sp³-hybridized carbons (Fsp3) is 0.200. The highest BCUT2D eigenvalue weighted by Gasteiger charge is 2.07. The van der Waals surface area contributed by atoms with Crippen molar-refractivity contribution in [3.05, 3.63) is 64.4 Å². The van der Waals surface area contributed by atoms with E-state index in [9.17, 15) is 4.39 Å². The molecular weight excluding hydrogens is 265 g/mol. The van der Waals surface area contributed by atoms with Crippen LogP contribution in [0.25, 0.3) is 0 Å². The molecule has 0 unspecified atom stereocenters. The van der Waals surface area contributed by atoms with Gasteiger partial charge in [0, 0.05) is 11.6 Å². The Morgan fingerprint density at radius 1 is 1.21 bits per heavy atom. The molecule has 0 fully saturated rings. The number of rotatable bonds is 4. The van der Waals surface area contributed by atoms with Crippen molar-refractivity contribution < 1.29 is 9.13 Å². The van der Waals surface area contributed by atoms with E-state index in [-0.39, 0.29) is 18.5 Å². The lowest BCUT2D eigenvalue weighted by atomic mass is 10.1. The SMILES string of the molecule is C[C@H](N)c1ccc(OCc2c(F)cccc2Cl)cc1. The van der Waals surface area contributed by atoms with Gasteiger partial charge in [0.25, 0.3) is 0 Å². The average Bonchev–Trinajstić information content (AvgIpc) is 2.38. The molecule has 1 atom stereocenters. The first-order valence-corrected chi connectivity index (χ1v) is 6.37. The fourth-order valence-electron chi connectivity index (χ4n) is 1.69. The predicted octanol–water partition coefficient (Wildman–Crippen LogP) is 4.08. The van der Waals surface area contributed by atoms with Crippen LogP contribution >= 0.6 is 11.6 Å². The highest BCUT2D eigenvalue weighted by Crippen LogP contribution is 2.22. The van der Waals surface area contributed by atoms with E-state index in [1.54, 1.807) is 12.1 Å². The molecule has 0 aliphatic carbocycles. The largest absolute Gasteiger partial charge is 0.489 e. The summed E-state index contributed by atoms with van der Waals surface area (Å²) >= 11 is 5.93. The first kappa shape index (κ1) is 13.8. The van der Waals surface area contributed by atoms with E-state index in [0.717, 1.165) is 5.56 Å². The Morgan fingerprint density at radius 3 is 2.47 bits per heavy atom. The summed E-state index contributed by atoms with van der Waals surface area (Å²) < 4.78 is 19.1. The van der Waals surface area contributed by atoms with Gasteiger partial charge in [-0.15, -0.1) is 0 Å². The maximum atomic E-state index is 13.5. The molecule has 0 bridgehead atoms. The molecule has 100 valence electrons. The molecular formula is C15H15ClFNO. The van der Waals surface area contributed by atoms with Crippen LogP contribution in [0.2, 0.25) is 5.02 Å². The van der Waals surface area contributed by atoms with Crippen LogP contribution in [0.15, 0.2) is 42.5 Å². The normalized spacial score (nSPS) is 12.2. The monoisotopic (exact) mass is 279 g/mol. The molecule has 0 saturated heterocycles. The molecule has 2 rings (SSSR count).